The Bertz CT molecular complexity index is 346. The van der Waals surface area contributed by atoms with Crippen molar-refractivity contribution in [2.75, 3.05) is 27.3 Å². The van der Waals surface area contributed by atoms with E-state index in [0.29, 0.717) is 0 Å². The second-order valence-electron chi connectivity index (χ2n) is 3.63. The lowest BCUT2D eigenvalue weighted by Gasteiger charge is -2.10. The van der Waals surface area contributed by atoms with Gasteiger partial charge in [0.2, 0.25) is 0 Å². The van der Waals surface area contributed by atoms with E-state index in [-0.39, 0.29) is 18.8 Å². The monoisotopic (exact) mass is 257 g/mol. The molecule has 0 saturated heterocycles. The highest BCUT2D eigenvalue weighted by atomic mass is 16.5. The Balaban J connectivity index is 4.82. The summed E-state index contributed by atoms with van der Waals surface area (Å²) >= 11 is 0. The van der Waals surface area contributed by atoms with E-state index in [1.165, 1.54) is 11.1 Å². The third-order valence-corrected chi connectivity index (χ3v) is 1.79. The van der Waals surface area contributed by atoms with Crippen molar-refractivity contribution in [3.63, 3.8) is 0 Å². The molecule has 0 aliphatic carbocycles. The summed E-state index contributed by atoms with van der Waals surface area (Å²) in [6.07, 6.45) is 0.867. The van der Waals surface area contributed by atoms with Crippen LogP contribution in [0, 0.1) is 0 Å². The van der Waals surface area contributed by atoms with E-state index in [1.807, 2.05) is 0 Å². The van der Waals surface area contributed by atoms with Crippen LogP contribution in [0.25, 0.3) is 0 Å². The molecule has 0 aromatic carbocycles. The predicted octanol–water partition coefficient (Wildman–Crippen LogP) is 0.517. The van der Waals surface area contributed by atoms with Crippen molar-refractivity contribution < 1.29 is 23.9 Å². The van der Waals surface area contributed by atoms with E-state index >= 15 is 0 Å². The Kier molecular flexibility index (Phi) is 7.42. The molecule has 0 unspecified atom stereocenters. The maximum absolute atomic E-state index is 11.8. The van der Waals surface area contributed by atoms with Gasteiger partial charge in [0.1, 0.15) is 12.0 Å². The third kappa shape index (κ3) is 6.03. The molecule has 0 aliphatic heterocycles. The van der Waals surface area contributed by atoms with Crippen molar-refractivity contribution in [1.29, 1.82) is 0 Å². The quantitative estimate of drug-likeness (QED) is 0.286. The number of nitrogens with zero attached hydrogens (tertiary/aromatic N) is 1. The zero-order valence-electron chi connectivity index (χ0n) is 11.2. The molecular weight excluding hydrogens is 238 g/mol. The second-order valence-corrected chi connectivity index (χ2v) is 3.63. The lowest BCUT2D eigenvalue weighted by Crippen LogP contribution is -2.22. The fourth-order valence-electron chi connectivity index (χ4n) is 1.14. The zero-order valence-corrected chi connectivity index (χ0v) is 11.2. The molecule has 18 heavy (non-hydrogen) atoms. The molecule has 0 amide bonds. The molecule has 0 aromatic heterocycles. The van der Waals surface area contributed by atoms with Crippen molar-refractivity contribution in [1.82, 2.24) is 4.90 Å². The standard InChI is InChI=1S/C12H19NO5/c1-5-17-11(15)7-10(14)9(8-13(3)4)12(16)18-6-2/h8H,5-7H2,1-4H3/b9-8-. The van der Waals surface area contributed by atoms with Crippen molar-refractivity contribution in [2.24, 2.45) is 0 Å². The minimum Gasteiger partial charge on any atom is -0.466 e. The van der Waals surface area contributed by atoms with Gasteiger partial charge in [0, 0.05) is 20.3 Å². The number of Topliss-reactive ketones (excluding diaryl/α,β-unsaturated/α-hetero) is 1. The molecule has 6 heteroatoms. The summed E-state index contributed by atoms with van der Waals surface area (Å²) in [5.74, 6) is -2.00. The van der Waals surface area contributed by atoms with E-state index in [2.05, 4.69) is 4.74 Å². The van der Waals surface area contributed by atoms with Crippen molar-refractivity contribution in [2.45, 2.75) is 20.3 Å². The lowest BCUT2D eigenvalue weighted by molar-refractivity contribution is -0.145. The minimum absolute atomic E-state index is 0.157. The van der Waals surface area contributed by atoms with Crippen LogP contribution in [0.4, 0.5) is 0 Å². The Labute approximate surface area is 107 Å². The Morgan fingerprint density at radius 2 is 1.61 bits per heavy atom. The van der Waals surface area contributed by atoms with E-state index < -0.39 is 24.1 Å². The highest BCUT2D eigenvalue weighted by Crippen LogP contribution is 2.06. The molecule has 0 N–H and O–H groups in total. The Morgan fingerprint density at radius 1 is 1.06 bits per heavy atom. The molecule has 0 fully saturated rings. The number of carbonyl (C=O) groups is 3. The van der Waals surface area contributed by atoms with Crippen molar-refractivity contribution in [3.05, 3.63) is 11.8 Å². The van der Waals surface area contributed by atoms with Gasteiger partial charge in [-0.1, -0.05) is 0 Å². The third-order valence-electron chi connectivity index (χ3n) is 1.79. The van der Waals surface area contributed by atoms with Crippen LogP contribution in [0.5, 0.6) is 0 Å². The molecular formula is C12H19NO5. The van der Waals surface area contributed by atoms with Gasteiger partial charge in [-0.2, -0.15) is 0 Å². The van der Waals surface area contributed by atoms with Gasteiger partial charge >= 0.3 is 11.9 Å². The molecule has 6 nitrogen and oxygen atoms in total. The van der Waals surface area contributed by atoms with E-state index in [9.17, 15) is 14.4 Å². The van der Waals surface area contributed by atoms with Gasteiger partial charge in [-0.3, -0.25) is 9.59 Å². The summed E-state index contributed by atoms with van der Waals surface area (Å²) in [6, 6.07) is 0. The largest absolute Gasteiger partial charge is 0.466 e. The van der Waals surface area contributed by atoms with Gasteiger partial charge in [0.15, 0.2) is 5.78 Å². The van der Waals surface area contributed by atoms with Crippen LogP contribution < -0.4 is 0 Å². The molecule has 0 heterocycles. The summed E-state index contributed by atoms with van der Waals surface area (Å²) in [6.45, 7) is 3.64. The molecule has 0 aromatic rings. The first-order chi connectivity index (χ1) is 8.42. The van der Waals surface area contributed by atoms with Crippen LogP contribution >= 0.6 is 0 Å². The number of carbonyl (C=O) groups excluding carboxylic acids is 3. The van der Waals surface area contributed by atoms with E-state index in [1.54, 1.807) is 27.9 Å². The van der Waals surface area contributed by atoms with Crippen molar-refractivity contribution in [3.8, 4) is 0 Å². The zero-order chi connectivity index (χ0) is 14.1. The number of ketones is 1. The maximum Gasteiger partial charge on any atom is 0.343 e. The highest BCUT2D eigenvalue weighted by molar-refractivity contribution is 6.20. The van der Waals surface area contributed by atoms with Crippen LogP contribution in [0.2, 0.25) is 0 Å². The Hall–Kier alpha value is -1.85. The van der Waals surface area contributed by atoms with Crippen LogP contribution in [-0.4, -0.2) is 49.9 Å². The van der Waals surface area contributed by atoms with Crippen LogP contribution in [0.3, 0.4) is 0 Å². The topological polar surface area (TPSA) is 72.9 Å². The van der Waals surface area contributed by atoms with Gasteiger partial charge in [-0.25, -0.2) is 4.79 Å². The fourth-order valence-corrected chi connectivity index (χ4v) is 1.14. The molecule has 0 radical (unpaired) electrons. The van der Waals surface area contributed by atoms with Gasteiger partial charge in [0.05, 0.1) is 13.2 Å². The first kappa shape index (κ1) is 16.1. The number of hydrogen-bond donors (Lipinski definition) is 0. The van der Waals surface area contributed by atoms with Gasteiger partial charge < -0.3 is 14.4 Å². The fraction of sp³-hybridized carbons (Fsp3) is 0.583. The first-order valence-corrected chi connectivity index (χ1v) is 5.66. The average molecular weight is 257 g/mol. The number of esters is 2. The lowest BCUT2D eigenvalue weighted by atomic mass is 10.1. The number of hydrogen-bond acceptors (Lipinski definition) is 6. The van der Waals surface area contributed by atoms with Gasteiger partial charge in [0.25, 0.3) is 0 Å². The summed E-state index contributed by atoms with van der Waals surface area (Å²) in [7, 11) is 3.33. The summed E-state index contributed by atoms with van der Waals surface area (Å²) in [5.41, 5.74) is -0.157. The summed E-state index contributed by atoms with van der Waals surface area (Å²) in [4.78, 5) is 36.1. The van der Waals surface area contributed by atoms with Crippen LogP contribution in [-0.2, 0) is 23.9 Å². The van der Waals surface area contributed by atoms with Crippen molar-refractivity contribution >= 4 is 17.7 Å². The highest BCUT2D eigenvalue weighted by Gasteiger charge is 2.22. The average Bonchev–Trinajstić information content (AvgIpc) is 2.25. The molecule has 0 aliphatic rings. The summed E-state index contributed by atoms with van der Waals surface area (Å²) in [5, 5.41) is 0. The second kappa shape index (κ2) is 8.27. The SMILES string of the molecule is CCOC(=O)CC(=O)/C(=C/N(C)C)C(=O)OCC. The maximum atomic E-state index is 11.8. The molecule has 0 bridgehead atoms. The van der Waals surface area contributed by atoms with Gasteiger partial charge in [-0.05, 0) is 13.8 Å². The smallest absolute Gasteiger partial charge is 0.343 e. The number of rotatable bonds is 7. The minimum atomic E-state index is -0.736. The molecule has 0 atom stereocenters. The van der Waals surface area contributed by atoms with Crippen LogP contribution in [0.15, 0.2) is 11.8 Å². The first-order valence-electron chi connectivity index (χ1n) is 5.66. The molecule has 0 saturated carbocycles. The molecule has 0 spiro atoms. The van der Waals surface area contributed by atoms with E-state index in [4.69, 9.17) is 4.74 Å². The van der Waals surface area contributed by atoms with E-state index in [0.717, 1.165) is 0 Å². The predicted molar refractivity (Wildman–Crippen MR) is 64.7 cm³/mol. The summed E-state index contributed by atoms with van der Waals surface area (Å²) < 4.78 is 9.42. The molecule has 0 rings (SSSR count). The number of ether oxygens (including phenoxy) is 2. The molecule has 102 valence electrons. The van der Waals surface area contributed by atoms with Gasteiger partial charge in [-0.15, -0.1) is 0 Å². The van der Waals surface area contributed by atoms with Crippen LogP contribution in [0.1, 0.15) is 20.3 Å². The normalized spacial score (nSPS) is 10.8. The Morgan fingerprint density at radius 3 is 2.06 bits per heavy atom.